The van der Waals surface area contributed by atoms with Crippen molar-refractivity contribution in [2.45, 2.75) is 6.54 Å². The summed E-state index contributed by atoms with van der Waals surface area (Å²) in [5, 5.41) is 2.05. The van der Waals surface area contributed by atoms with E-state index in [1.165, 1.54) is 42.3 Å². The average Bonchev–Trinajstić information content (AvgIpc) is 3.17. The Labute approximate surface area is 168 Å². The van der Waals surface area contributed by atoms with Gasteiger partial charge in [-0.3, -0.25) is 18.7 Å². The van der Waals surface area contributed by atoms with E-state index in [2.05, 4.69) is 9.98 Å². The summed E-state index contributed by atoms with van der Waals surface area (Å²) in [6.07, 6.45) is 3.20. The normalized spacial score (nSPS) is 11.9. The van der Waals surface area contributed by atoms with Crippen LogP contribution in [0, 0.1) is 0 Å². The van der Waals surface area contributed by atoms with Gasteiger partial charge in [0.2, 0.25) is 0 Å². The Balaban J connectivity index is 1.75. The molecule has 0 N–H and O–H groups in total. The van der Waals surface area contributed by atoms with Gasteiger partial charge in [0.25, 0.3) is 11.5 Å². The first-order valence-electron chi connectivity index (χ1n) is 8.78. The maximum Gasteiger partial charge on any atom is 0.332 e. The van der Waals surface area contributed by atoms with Gasteiger partial charge in [0.05, 0.1) is 10.9 Å². The van der Waals surface area contributed by atoms with E-state index in [0.29, 0.717) is 11.3 Å². The summed E-state index contributed by atoms with van der Waals surface area (Å²) in [6, 6.07) is 11.3. The molecular formula is C20H17N5O3S. The largest absolute Gasteiger partial charge is 0.332 e. The molecule has 29 heavy (non-hydrogen) atoms. The number of carbonyl (C=O) groups is 1. The second kappa shape index (κ2) is 7.44. The molecule has 3 heterocycles. The van der Waals surface area contributed by atoms with Crippen LogP contribution in [0.15, 0.2) is 68.8 Å². The van der Waals surface area contributed by atoms with Crippen molar-refractivity contribution < 1.29 is 4.79 Å². The van der Waals surface area contributed by atoms with Gasteiger partial charge >= 0.3 is 5.69 Å². The average molecular weight is 407 g/mol. The molecule has 0 atom stereocenters. The summed E-state index contributed by atoms with van der Waals surface area (Å²) in [5.41, 5.74) is 0.536. The Morgan fingerprint density at radius 1 is 1.14 bits per heavy atom. The highest BCUT2D eigenvalue weighted by atomic mass is 32.1. The van der Waals surface area contributed by atoms with Gasteiger partial charge in [-0.05, 0) is 11.6 Å². The fraction of sp³-hybridized carbons (Fsp3) is 0.150. The van der Waals surface area contributed by atoms with Crippen LogP contribution >= 0.6 is 11.3 Å². The van der Waals surface area contributed by atoms with Crippen molar-refractivity contribution in [2.75, 3.05) is 0 Å². The number of fused-ring (bicyclic) bond motifs is 1. The predicted molar refractivity (Wildman–Crippen MR) is 110 cm³/mol. The van der Waals surface area contributed by atoms with Gasteiger partial charge in [-0.1, -0.05) is 30.3 Å². The lowest BCUT2D eigenvalue weighted by Gasteiger charge is -2.07. The minimum Gasteiger partial charge on any atom is -0.319 e. The highest BCUT2D eigenvalue weighted by Crippen LogP contribution is 2.09. The third-order valence-electron chi connectivity index (χ3n) is 4.59. The number of thiazole rings is 1. The summed E-state index contributed by atoms with van der Waals surface area (Å²) < 4.78 is 4.15. The summed E-state index contributed by atoms with van der Waals surface area (Å²) in [6.45, 7) is 0.592. The lowest BCUT2D eigenvalue weighted by atomic mass is 10.2. The van der Waals surface area contributed by atoms with Gasteiger partial charge in [0.15, 0.2) is 4.80 Å². The standard InChI is InChI=1S/C20H17N5O3S/c1-23-16-15(18(27)24(2)20(23)28)10-14(11-21-16)17(26)22-19-25(8-9-29-19)12-13-6-4-3-5-7-13/h3-11H,12H2,1-2H3. The fourth-order valence-corrected chi connectivity index (χ4v) is 3.75. The number of hydrogen-bond donors (Lipinski definition) is 0. The Bertz CT molecular complexity index is 1410. The first-order chi connectivity index (χ1) is 14.0. The second-order valence-electron chi connectivity index (χ2n) is 6.52. The topological polar surface area (TPSA) is 91.2 Å². The van der Waals surface area contributed by atoms with Crippen LogP contribution in [0.1, 0.15) is 15.9 Å². The maximum absolute atomic E-state index is 12.7. The van der Waals surface area contributed by atoms with Crippen LogP contribution in [-0.2, 0) is 20.6 Å². The van der Waals surface area contributed by atoms with Crippen LogP contribution in [0.25, 0.3) is 11.0 Å². The van der Waals surface area contributed by atoms with Crippen molar-refractivity contribution in [1.29, 1.82) is 0 Å². The minimum atomic E-state index is -0.500. The predicted octanol–water partition coefficient (Wildman–Crippen LogP) is 1.28. The highest BCUT2D eigenvalue weighted by molar-refractivity contribution is 7.07. The third kappa shape index (κ3) is 3.47. The van der Waals surface area contributed by atoms with E-state index < -0.39 is 17.2 Å². The van der Waals surface area contributed by atoms with Crippen LogP contribution < -0.4 is 16.1 Å². The number of hydrogen-bond acceptors (Lipinski definition) is 5. The van der Waals surface area contributed by atoms with Crippen molar-refractivity contribution >= 4 is 28.3 Å². The zero-order valence-electron chi connectivity index (χ0n) is 15.8. The van der Waals surface area contributed by atoms with Crippen LogP contribution in [0.2, 0.25) is 0 Å². The molecule has 8 nitrogen and oxygen atoms in total. The quantitative estimate of drug-likeness (QED) is 0.512. The SMILES string of the molecule is Cn1c(=O)c2cc(C(=O)N=c3sccn3Cc3ccccc3)cnc2n(C)c1=O. The zero-order valence-corrected chi connectivity index (χ0v) is 16.6. The van der Waals surface area contributed by atoms with E-state index in [1.807, 2.05) is 46.5 Å². The van der Waals surface area contributed by atoms with E-state index in [9.17, 15) is 14.4 Å². The van der Waals surface area contributed by atoms with Crippen LogP contribution in [-0.4, -0.2) is 24.6 Å². The number of pyridine rings is 1. The van der Waals surface area contributed by atoms with E-state index in [1.54, 1.807) is 0 Å². The molecule has 1 amide bonds. The molecule has 0 aliphatic rings. The molecule has 0 saturated heterocycles. The van der Waals surface area contributed by atoms with Crippen molar-refractivity contribution in [3.63, 3.8) is 0 Å². The molecule has 0 bridgehead atoms. The Morgan fingerprint density at radius 2 is 1.90 bits per heavy atom. The summed E-state index contributed by atoms with van der Waals surface area (Å²) in [7, 11) is 2.92. The second-order valence-corrected chi connectivity index (χ2v) is 7.39. The van der Waals surface area contributed by atoms with Gasteiger partial charge in [0.1, 0.15) is 5.65 Å². The van der Waals surface area contributed by atoms with Crippen LogP contribution in [0.5, 0.6) is 0 Å². The van der Waals surface area contributed by atoms with E-state index in [0.717, 1.165) is 10.1 Å². The van der Waals surface area contributed by atoms with Crippen molar-refractivity contribution in [3.05, 3.63) is 90.9 Å². The van der Waals surface area contributed by atoms with Crippen molar-refractivity contribution in [3.8, 4) is 0 Å². The lowest BCUT2D eigenvalue weighted by Crippen LogP contribution is -2.37. The van der Waals surface area contributed by atoms with E-state index >= 15 is 0 Å². The zero-order chi connectivity index (χ0) is 20.5. The van der Waals surface area contributed by atoms with Gasteiger partial charge in [0, 0.05) is 38.4 Å². The number of carbonyl (C=O) groups excluding carboxylic acids is 1. The fourth-order valence-electron chi connectivity index (χ4n) is 3.02. The van der Waals surface area contributed by atoms with Crippen LogP contribution in [0.3, 0.4) is 0 Å². The molecule has 0 saturated carbocycles. The Morgan fingerprint density at radius 3 is 2.66 bits per heavy atom. The molecule has 0 unspecified atom stereocenters. The van der Waals surface area contributed by atoms with Crippen molar-refractivity contribution in [1.82, 2.24) is 18.7 Å². The molecule has 0 radical (unpaired) electrons. The lowest BCUT2D eigenvalue weighted by molar-refractivity contribution is 0.0997. The third-order valence-corrected chi connectivity index (χ3v) is 5.39. The number of aromatic nitrogens is 4. The molecule has 0 fully saturated rings. The monoisotopic (exact) mass is 407 g/mol. The molecule has 4 rings (SSSR count). The molecule has 3 aromatic heterocycles. The molecule has 1 aromatic carbocycles. The molecule has 0 spiro atoms. The number of amides is 1. The minimum absolute atomic E-state index is 0.188. The van der Waals surface area contributed by atoms with Gasteiger partial charge in [-0.15, -0.1) is 11.3 Å². The van der Waals surface area contributed by atoms with E-state index in [-0.39, 0.29) is 16.6 Å². The highest BCUT2D eigenvalue weighted by Gasteiger charge is 2.13. The molecule has 4 aromatic rings. The maximum atomic E-state index is 12.7. The van der Waals surface area contributed by atoms with E-state index in [4.69, 9.17) is 0 Å². The first kappa shape index (κ1) is 18.8. The molecule has 0 aliphatic heterocycles. The van der Waals surface area contributed by atoms with Gasteiger partial charge < -0.3 is 4.57 Å². The molecule has 9 heteroatoms. The smallest absolute Gasteiger partial charge is 0.319 e. The number of benzene rings is 1. The molecule has 0 aliphatic carbocycles. The first-order valence-corrected chi connectivity index (χ1v) is 9.66. The number of rotatable bonds is 3. The molecule has 146 valence electrons. The summed E-state index contributed by atoms with van der Waals surface area (Å²) >= 11 is 1.35. The number of aryl methyl sites for hydroxylation is 1. The summed E-state index contributed by atoms with van der Waals surface area (Å²) in [4.78, 5) is 46.1. The van der Waals surface area contributed by atoms with Gasteiger partial charge in [-0.2, -0.15) is 4.99 Å². The van der Waals surface area contributed by atoms with Crippen LogP contribution in [0.4, 0.5) is 0 Å². The van der Waals surface area contributed by atoms with Gasteiger partial charge in [-0.25, -0.2) is 9.78 Å². The molecular weight excluding hydrogens is 390 g/mol. The van der Waals surface area contributed by atoms with Crippen molar-refractivity contribution in [2.24, 2.45) is 19.1 Å². The number of nitrogens with zero attached hydrogens (tertiary/aromatic N) is 5. The Kier molecular flexibility index (Phi) is 4.81. The summed E-state index contributed by atoms with van der Waals surface area (Å²) in [5.74, 6) is -0.500. The Hall–Kier alpha value is -3.59.